The summed E-state index contributed by atoms with van der Waals surface area (Å²) >= 11 is 9.64. The molecule has 10 heteroatoms. The number of nitrogens with zero attached hydrogens (tertiary/aromatic N) is 1. The Hall–Kier alpha value is -2.46. The maximum Gasteiger partial charge on any atom is 0.250 e. The fourth-order valence-corrected chi connectivity index (χ4v) is 6.92. The van der Waals surface area contributed by atoms with Crippen LogP contribution in [0.25, 0.3) is 0 Å². The zero-order valence-corrected chi connectivity index (χ0v) is 21.7. The number of unbranched alkanes of at least 4 members (excludes halogenated alkanes) is 1. The highest BCUT2D eigenvalue weighted by atomic mass is 79.9. The van der Waals surface area contributed by atoms with E-state index >= 15 is 0 Å². The average molecular weight is 577 g/mol. The third-order valence-corrected chi connectivity index (χ3v) is 8.40. The number of aliphatic hydroxyl groups is 1. The number of amides is 3. The number of hydrogen-bond donors (Lipinski definition) is 3. The number of carbonyl (C=O) groups excluding carboxylic acids is 3. The second-order valence-electron chi connectivity index (χ2n) is 9.48. The number of halogens is 2. The van der Waals surface area contributed by atoms with Gasteiger partial charge in [0.25, 0.3) is 0 Å². The second-order valence-corrected chi connectivity index (χ2v) is 11.1. The minimum Gasteiger partial charge on any atom is -0.396 e. The van der Waals surface area contributed by atoms with Gasteiger partial charge in [0.2, 0.25) is 17.7 Å². The van der Waals surface area contributed by atoms with Crippen LogP contribution in [0.1, 0.15) is 19.3 Å². The van der Waals surface area contributed by atoms with Crippen LogP contribution in [0.4, 0.5) is 11.4 Å². The van der Waals surface area contributed by atoms with Gasteiger partial charge >= 0.3 is 0 Å². The van der Waals surface area contributed by atoms with E-state index in [-0.39, 0.29) is 35.7 Å². The molecule has 0 aliphatic carbocycles. The van der Waals surface area contributed by atoms with Gasteiger partial charge in [-0.25, -0.2) is 0 Å². The third kappa shape index (κ3) is 4.32. The van der Waals surface area contributed by atoms with Crippen molar-refractivity contribution >= 4 is 56.6 Å². The number of hydrogen-bond acceptors (Lipinski definition) is 5. The molecule has 2 bridgehead atoms. The maximum atomic E-state index is 13.8. The molecule has 1 spiro atoms. The quantitative estimate of drug-likeness (QED) is 0.330. The van der Waals surface area contributed by atoms with Gasteiger partial charge in [-0.15, -0.1) is 0 Å². The predicted molar refractivity (Wildman–Crippen MR) is 139 cm³/mol. The number of ether oxygens (including phenoxy) is 1. The van der Waals surface area contributed by atoms with Gasteiger partial charge < -0.3 is 25.4 Å². The van der Waals surface area contributed by atoms with E-state index in [1.165, 1.54) is 4.90 Å². The monoisotopic (exact) mass is 575 g/mol. The highest BCUT2D eigenvalue weighted by molar-refractivity contribution is 9.09. The molecule has 3 amide bonds. The molecule has 5 rings (SSSR count). The number of rotatable bonds is 8. The zero-order valence-electron chi connectivity index (χ0n) is 19.4. The van der Waals surface area contributed by atoms with Gasteiger partial charge in [0.05, 0.1) is 17.9 Å². The van der Waals surface area contributed by atoms with Gasteiger partial charge in [0.15, 0.2) is 0 Å². The summed E-state index contributed by atoms with van der Waals surface area (Å²) in [5.74, 6) is -2.47. The number of benzene rings is 2. The number of para-hydroxylation sites is 1. The number of carbonyl (C=O) groups is 3. The van der Waals surface area contributed by atoms with Crippen molar-refractivity contribution in [3.63, 3.8) is 0 Å². The first-order valence-corrected chi connectivity index (χ1v) is 13.3. The smallest absolute Gasteiger partial charge is 0.250 e. The molecule has 36 heavy (non-hydrogen) atoms. The van der Waals surface area contributed by atoms with Gasteiger partial charge in [0.1, 0.15) is 11.6 Å². The first-order chi connectivity index (χ1) is 17.4. The lowest BCUT2D eigenvalue weighted by atomic mass is 9.70. The normalized spacial score (nSPS) is 30.4. The second kappa shape index (κ2) is 10.1. The zero-order chi connectivity index (χ0) is 25.4. The molecule has 0 radical (unpaired) electrons. The molecular formula is C26H27BrClN3O5. The van der Waals surface area contributed by atoms with Gasteiger partial charge in [-0.3, -0.25) is 14.4 Å². The highest BCUT2D eigenvalue weighted by Crippen LogP contribution is 2.60. The van der Waals surface area contributed by atoms with Crippen molar-refractivity contribution < 1.29 is 24.2 Å². The summed E-state index contributed by atoms with van der Waals surface area (Å²) in [5, 5.41) is 15.6. The summed E-state index contributed by atoms with van der Waals surface area (Å²) in [5.41, 5.74) is 0.0469. The van der Waals surface area contributed by atoms with Crippen molar-refractivity contribution in [2.24, 2.45) is 11.8 Å². The molecule has 3 fully saturated rings. The Labute approximate surface area is 222 Å². The maximum absolute atomic E-state index is 13.8. The minimum atomic E-state index is -1.13. The van der Waals surface area contributed by atoms with Crippen LogP contribution in [-0.4, -0.2) is 63.5 Å². The summed E-state index contributed by atoms with van der Waals surface area (Å²) < 4.78 is 6.46. The Morgan fingerprint density at radius 1 is 1.06 bits per heavy atom. The Bertz CT molecular complexity index is 1150. The molecule has 2 aromatic rings. The Balaban J connectivity index is 1.47. The van der Waals surface area contributed by atoms with Gasteiger partial charge in [-0.1, -0.05) is 45.7 Å². The lowest BCUT2D eigenvalue weighted by Gasteiger charge is -2.34. The summed E-state index contributed by atoms with van der Waals surface area (Å²) in [7, 11) is 0. The Kier molecular flexibility index (Phi) is 7.09. The van der Waals surface area contributed by atoms with Crippen molar-refractivity contribution in [1.82, 2.24) is 4.90 Å². The molecule has 3 aliphatic heterocycles. The molecule has 3 heterocycles. The molecule has 0 aromatic heterocycles. The van der Waals surface area contributed by atoms with Gasteiger partial charge in [-0.05, 0) is 55.7 Å². The van der Waals surface area contributed by atoms with Crippen LogP contribution >= 0.6 is 27.5 Å². The molecular weight excluding hydrogens is 550 g/mol. The molecule has 3 unspecified atom stereocenters. The van der Waals surface area contributed by atoms with E-state index in [4.69, 9.17) is 16.3 Å². The van der Waals surface area contributed by atoms with Crippen LogP contribution in [-0.2, 0) is 19.1 Å². The molecule has 3 aliphatic rings. The van der Waals surface area contributed by atoms with Gasteiger partial charge in [-0.2, -0.15) is 0 Å². The van der Waals surface area contributed by atoms with Crippen molar-refractivity contribution in [2.75, 3.05) is 23.8 Å². The van der Waals surface area contributed by atoms with Crippen molar-refractivity contribution in [2.45, 2.75) is 41.8 Å². The first kappa shape index (κ1) is 25.2. The number of nitrogens with one attached hydrogen (secondary N) is 2. The van der Waals surface area contributed by atoms with E-state index in [1.807, 2.05) is 18.2 Å². The Morgan fingerprint density at radius 3 is 2.42 bits per heavy atom. The molecule has 3 saturated heterocycles. The fourth-order valence-electron chi connectivity index (χ4n) is 5.86. The van der Waals surface area contributed by atoms with E-state index in [1.54, 1.807) is 36.4 Å². The highest BCUT2D eigenvalue weighted by Gasteiger charge is 2.76. The van der Waals surface area contributed by atoms with E-state index in [0.29, 0.717) is 35.7 Å². The number of alkyl halides is 1. The van der Waals surface area contributed by atoms with Gasteiger partial charge in [0, 0.05) is 34.4 Å². The molecule has 190 valence electrons. The SMILES string of the molecule is O=C(Nc1ccc(Cl)cc1)C1N(CCCCO)C(=O)[C@@H]2[C@H](C(=O)Nc3ccccc3)[C@H]3OC12CC3Br. The standard InChI is InChI=1S/C26H27BrClN3O5/c27-18-14-26-20(19(21(18)36-26)23(33)29-16-6-2-1-3-7-16)25(35)31(12-4-5-13-32)22(26)24(34)30-17-10-8-15(28)9-11-17/h1-3,6-11,18-22,32H,4-5,12-14H2,(H,29,33)(H,30,34)/t18?,19-,20-,21-,22?,26?/m0/s1. The largest absolute Gasteiger partial charge is 0.396 e. The lowest BCUT2D eigenvalue weighted by Crippen LogP contribution is -2.54. The molecule has 0 saturated carbocycles. The van der Waals surface area contributed by atoms with Crippen molar-refractivity contribution in [3.05, 3.63) is 59.6 Å². The van der Waals surface area contributed by atoms with Crippen LogP contribution in [0.3, 0.4) is 0 Å². The summed E-state index contributed by atoms with van der Waals surface area (Å²) in [6.07, 6.45) is 0.916. The average Bonchev–Trinajstić information content (AvgIpc) is 3.45. The van der Waals surface area contributed by atoms with E-state index in [2.05, 4.69) is 26.6 Å². The number of likely N-dealkylation sites (tertiary alicyclic amines) is 1. The number of aliphatic hydroxyl groups excluding tert-OH is 1. The van der Waals surface area contributed by atoms with Crippen molar-refractivity contribution in [1.29, 1.82) is 0 Å². The molecule has 2 aromatic carbocycles. The molecule has 3 N–H and O–H groups in total. The summed E-state index contributed by atoms with van der Waals surface area (Å²) in [6, 6.07) is 14.9. The van der Waals surface area contributed by atoms with Crippen molar-refractivity contribution in [3.8, 4) is 0 Å². The topological polar surface area (TPSA) is 108 Å². The molecule has 8 nitrogen and oxygen atoms in total. The Morgan fingerprint density at radius 2 is 1.72 bits per heavy atom. The summed E-state index contributed by atoms with van der Waals surface area (Å²) in [4.78, 5) is 42.4. The summed E-state index contributed by atoms with van der Waals surface area (Å²) in [6.45, 7) is 0.271. The number of fused-ring (bicyclic) bond motifs is 1. The predicted octanol–water partition coefficient (Wildman–Crippen LogP) is 3.44. The minimum absolute atomic E-state index is 0.0115. The van der Waals surface area contributed by atoms with Crippen LogP contribution < -0.4 is 10.6 Å². The van der Waals surface area contributed by atoms with Crippen LogP contribution in [0.2, 0.25) is 5.02 Å². The van der Waals surface area contributed by atoms with E-state index in [0.717, 1.165) is 0 Å². The van der Waals surface area contributed by atoms with Crippen LogP contribution in [0.5, 0.6) is 0 Å². The first-order valence-electron chi connectivity index (χ1n) is 12.0. The lowest BCUT2D eigenvalue weighted by molar-refractivity contribution is -0.139. The number of anilines is 2. The van der Waals surface area contributed by atoms with Crippen LogP contribution in [0, 0.1) is 11.8 Å². The van der Waals surface area contributed by atoms with Crippen LogP contribution in [0.15, 0.2) is 54.6 Å². The van der Waals surface area contributed by atoms with E-state index in [9.17, 15) is 19.5 Å². The fraction of sp³-hybridized carbons (Fsp3) is 0.423. The third-order valence-electron chi connectivity index (χ3n) is 7.30. The molecule has 6 atom stereocenters. The van der Waals surface area contributed by atoms with E-state index < -0.39 is 29.6 Å².